The van der Waals surface area contributed by atoms with Crippen molar-refractivity contribution in [3.63, 3.8) is 0 Å². The van der Waals surface area contributed by atoms with Crippen molar-refractivity contribution < 1.29 is 29.4 Å². The van der Waals surface area contributed by atoms with Gasteiger partial charge in [-0.1, -0.05) is 91.3 Å². The van der Waals surface area contributed by atoms with E-state index < -0.39 is 12.2 Å². The Morgan fingerprint density at radius 1 is 0.816 bits per heavy atom. The number of hydrogen-bond acceptors (Lipinski definition) is 7. The zero-order chi connectivity index (χ0) is 34.0. The van der Waals surface area contributed by atoms with Crippen LogP contribution in [0.25, 0.3) is 22.2 Å². The quantitative estimate of drug-likeness (QED) is 0.0605. The van der Waals surface area contributed by atoms with Crippen molar-refractivity contribution in [1.82, 2.24) is 20.3 Å². The highest BCUT2D eigenvalue weighted by Gasteiger charge is 2.32. The zero-order valence-electron chi connectivity index (χ0n) is 27.3. The van der Waals surface area contributed by atoms with Crippen molar-refractivity contribution in [2.45, 2.75) is 76.7 Å². The lowest BCUT2D eigenvalue weighted by molar-refractivity contribution is -0.252. The number of aromatic nitrogens is 2. The van der Waals surface area contributed by atoms with Gasteiger partial charge in [0.1, 0.15) is 0 Å². The summed E-state index contributed by atoms with van der Waals surface area (Å²) in [6.07, 6.45) is 4.26. The summed E-state index contributed by atoms with van der Waals surface area (Å²) in [5.41, 5.74) is 9.48. The van der Waals surface area contributed by atoms with Gasteiger partial charge < -0.3 is 24.5 Å². The number of unbranched alkanes of at least 4 members (excludes halogenated alkanes) is 2. The van der Waals surface area contributed by atoms with Gasteiger partial charge in [-0.05, 0) is 52.8 Å². The number of ether oxygens (including phenoxy) is 2. The fourth-order valence-corrected chi connectivity index (χ4v) is 6.27. The van der Waals surface area contributed by atoms with E-state index in [0.29, 0.717) is 38.8 Å². The molecule has 1 fully saturated rings. The van der Waals surface area contributed by atoms with E-state index in [1.165, 1.54) is 0 Å². The minimum atomic E-state index is -0.586. The molecule has 3 unspecified atom stereocenters. The fourth-order valence-electron chi connectivity index (χ4n) is 6.27. The molecule has 0 saturated carbocycles. The number of amides is 2. The summed E-state index contributed by atoms with van der Waals surface area (Å²) in [6.45, 7) is 1.02. The maximum Gasteiger partial charge on any atom is 0.243 e. The number of carbonyl (C=O) groups excluding carboxylic acids is 2. The first kappa shape index (κ1) is 34.0. The molecule has 3 atom stereocenters. The van der Waals surface area contributed by atoms with Gasteiger partial charge in [0.15, 0.2) is 6.29 Å². The van der Waals surface area contributed by atoms with Crippen LogP contribution in [0.1, 0.15) is 73.2 Å². The lowest BCUT2D eigenvalue weighted by Gasteiger charge is -2.36. The second kappa shape index (κ2) is 16.5. The van der Waals surface area contributed by atoms with Crippen LogP contribution in [0.2, 0.25) is 0 Å². The summed E-state index contributed by atoms with van der Waals surface area (Å²) >= 11 is 0. The molecular weight excluding hydrogens is 620 g/mol. The smallest absolute Gasteiger partial charge is 0.243 e. The minimum Gasteiger partial charge on any atom is -0.392 e. The first-order chi connectivity index (χ1) is 24.0. The molecule has 1 saturated heterocycles. The van der Waals surface area contributed by atoms with Gasteiger partial charge in [-0.3, -0.25) is 14.8 Å². The molecule has 0 aliphatic carbocycles. The normalized spacial score (nSPS) is 17.6. The van der Waals surface area contributed by atoms with Gasteiger partial charge in [0, 0.05) is 31.4 Å². The minimum absolute atomic E-state index is 0.00916. The van der Waals surface area contributed by atoms with Gasteiger partial charge in [0.05, 0.1) is 42.7 Å². The molecule has 2 heterocycles. The maximum atomic E-state index is 12.5. The molecule has 49 heavy (non-hydrogen) atoms. The predicted molar refractivity (Wildman–Crippen MR) is 185 cm³/mol. The lowest BCUT2D eigenvalue weighted by atomic mass is 9.97. The third-order valence-electron chi connectivity index (χ3n) is 8.96. The van der Waals surface area contributed by atoms with E-state index in [9.17, 15) is 14.7 Å². The molecule has 1 aliphatic heterocycles. The van der Waals surface area contributed by atoms with Gasteiger partial charge >= 0.3 is 0 Å². The zero-order valence-corrected chi connectivity index (χ0v) is 27.3. The third-order valence-corrected chi connectivity index (χ3v) is 8.96. The van der Waals surface area contributed by atoms with E-state index in [4.69, 9.17) is 14.7 Å². The van der Waals surface area contributed by atoms with Crippen LogP contribution in [0.5, 0.6) is 0 Å². The Morgan fingerprint density at radius 2 is 1.53 bits per heavy atom. The highest BCUT2D eigenvalue weighted by atomic mass is 16.7. The number of imidazole rings is 1. The number of para-hydroxylation sites is 2. The Balaban J connectivity index is 1.14. The van der Waals surface area contributed by atoms with E-state index in [1.54, 1.807) is 5.48 Å². The average Bonchev–Trinajstić information content (AvgIpc) is 3.56. The van der Waals surface area contributed by atoms with Crippen LogP contribution >= 0.6 is 0 Å². The molecule has 10 nitrogen and oxygen atoms in total. The number of aliphatic hydroxyl groups excluding tert-OH is 1. The molecule has 4 aromatic carbocycles. The molecule has 1 aliphatic rings. The number of aliphatic hydroxyl groups is 1. The van der Waals surface area contributed by atoms with E-state index in [1.807, 2.05) is 85.2 Å². The molecule has 10 heteroatoms. The second-order valence-corrected chi connectivity index (χ2v) is 12.4. The van der Waals surface area contributed by atoms with Gasteiger partial charge in [-0.2, -0.15) is 0 Å². The van der Waals surface area contributed by atoms with Crippen LogP contribution in [-0.2, 0) is 38.8 Å². The Morgan fingerprint density at radius 3 is 2.31 bits per heavy atom. The Bertz CT molecular complexity index is 1840. The number of nitrogens with zero attached hydrogens (tertiary/aromatic N) is 2. The number of benzene rings is 4. The fraction of sp³-hybridized carbons (Fsp3) is 0.308. The summed E-state index contributed by atoms with van der Waals surface area (Å²) in [5, 5.41) is 21.2. The maximum absolute atomic E-state index is 12.5. The van der Waals surface area contributed by atoms with Crippen LogP contribution < -0.4 is 10.8 Å². The molecule has 254 valence electrons. The Labute approximate surface area is 285 Å². The summed E-state index contributed by atoms with van der Waals surface area (Å²) < 4.78 is 15.3. The SMILES string of the molecule is O=C(CCCCCC(=O)NCc1ccccc1-c1ccc(C2OC(Cn3cnc4ccccc43)CC(c3ccc(CO)cc3)O2)cc1)NO. The Kier molecular flexibility index (Phi) is 11.4. The van der Waals surface area contributed by atoms with Crippen molar-refractivity contribution in [2.24, 2.45) is 0 Å². The van der Waals surface area contributed by atoms with E-state index in [0.717, 1.165) is 50.8 Å². The molecular formula is C39H42N4O6. The van der Waals surface area contributed by atoms with Crippen molar-refractivity contribution in [1.29, 1.82) is 0 Å². The second-order valence-electron chi connectivity index (χ2n) is 12.4. The van der Waals surface area contributed by atoms with E-state index >= 15 is 0 Å². The van der Waals surface area contributed by atoms with Crippen molar-refractivity contribution in [2.75, 3.05) is 0 Å². The van der Waals surface area contributed by atoms with Crippen LogP contribution in [0.15, 0.2) is 103 Å². The van der Waals surface area contributed by atoms with Crippen molar-refractivity contribution in [3.8, 4) is 11.1 Å². The van der Waals surface area contributed by atoms with E-state index in [-0.39, 0.29) is 31.1 Å². The average molecular weight is 663 g/mol. The summed E-state index contributed by atoms with van der Waals surface area (Å²) in [7, 11) is 0. The standard InChI is InChI=1S/C39H42N4O6/c44-25-27-14-16-29(17-15-27)36-22-32(24-43-26-41-34-10-6-7-11-35(34)43)48-39(49-36)30-20-18-28(19-21-30)33-9-5-4-8-31(33)23-40-37(45)12-2-1-3-13-38(46)42-47/h4-11,14-21,26,32,36,39,44,47H,1-3,12-13,22-25H2,(H,40,45)(H,42,46). The summed E-state index contributed by atoms with van der Waals surface area (Å²) in [4.78, 5) is 28.2. The molecule has 0 radical (unpaired) electrons. The number of nitrogens with one attached hydrogen (secondary N) is 2. The van der Waals surface area contributed by atoms with Crippen molar-refractivity contribution in [3.05, 3.63) is 126 Å². The Hall–Kier alpha value is -4.87. The lowest BCUT2D eigenvalue weighted by Crippen LogP contribution is -2.32. The van der Waals surface area contributed by atoms with E-state index in [2.05, 4.69) is 33.1 Å². The largest absolute Gasteiger partial charge is 0.392 e. The van der Waals surface area contributed by atoms with Gasteiger partial charge in [-0.15, -0.1) is 0 Å². The number of carbonyl (C=O) groups is 2. The highest BCUT2D eigenvalue weighted by Crippen LogP contribution is 2.39. The van der Waals surface area contributed by atoms with Crippen LogP contribution in [-0.4, -0.2) is 37.8 Å². The van der Waals surface area contributed by atoms with Crippen LogP contribution in [0.4, 0.5) is 0 Å². The molecule has 1 aromatic heterocycles. The van der Waals surface area contributed by atoms with Crippen molar-refractivity contribution >= 4 is 22.8 Å². The first-order valence-corrected chi connectivity index (χ1v) is 16.8. The molecule has 6 rings (SSSR count). The highest BCUT2D eigenvalue weighted by molar-refractivity contribution is 5.77. The summed E-state index contributed by atoms with van der Waals surface area (Å²) in [5.74, 6) is -0.451. The molecule has 4 N–H and O–H groups in total. The molecule has 0 bridgehead atoms. The number of rotatable bonds is 14. The third kappa shape index (κ3) is 8.79. The summed E-state index contributed by atoms with van der Waals surface area (Å²) in [6, 6.07) is 32.2. The van der Waals surface area contributed by atoms with Gasteiger partial charge in [0.25, 0.3) is 0 Å². The molecule has 0 spiro atoms. The number of hydroxylamine groups is 1. The van der Waals surface area contributed by atoms with Crippen LogP contribution in [0.3, 0.4) is 0 Å². The number of hydrogen-bond donors (Lipinski definition) is 4. The monoisotopic (exact) mass is 662 g/mol. The molecule has 5 aromatic rings. The molecule has 2 amide bonds. The topological polar surface area (TPSA) is 135 Å². The number of fused-ring (bicyclic) bond motifs is 1. The predicted octanol–water partition coefficient (Wildman–Crippen LogP) is 6.51. The van der Waals surface area contributed by atoms with Gasteiger partial charge in [0.2, 0.25) is 11.8 Å². The van der Waals surface area contributed by atoms with Crippen LogP contribution in [0, 0.1) is 0 Å². The van der Waals surface area contributed by atoms with Gasteiger partial charge in [-0.25, -0.2) is 10.5 Å². The first-order valence-electron chi connectivity index (χ1n) is 16.8.